The number of aryl methyl sites for hydroxylation is 1. The van der Waals surface area contributed by atoms with Crippen molar-refractivity contribution >= 4 is 23.5 Å². The molecule has 0 saturated carbocycles. The van der Waals surface area contributed by atoms with Gasteiger partial charge in [-0.15, -0.1) is 0 Å². The lowest BCUT2D eigenvalue weighted by atomic mass is 10.0. The molecule has 2 rings (SSSR count). The summed E-state index contributed by atoms with van der Waals surface area (Å²) in [5.74, 6) is -0.445. The van der Waals surface area contributed by atoms with Gasteiger partial charge in [0, 0.05) is 11.4 Å². The van der Waals surface area contributed by atoms with Crippen LogP contribution >= 0.6 is 11.6 Å². The van der Waals surface area contributed by atoms with Crippen molar-refractivity contribution in [1.29, 1.82) is 0 Å². The molecule has 0 spiro atoms. The Balaban J connectivity index is 1.98. The van der Waals surface area contributed by atoms with E-state index in [0.29, 0.717) is 17.0 Å². The zero-order valence-corrected chi connectivity index (χ0v) is 14.6. The SMILES string of the molecule is COc1cccc(CCC(=O)N[C@@H](CC(=O)O)c2ccc(Cl)cc2)c1. The van der Waals surface area contributed by atoms with Crippen molar-refractivity contribution in [3.8, 4) is 5.75 Å². The average molecular weight is 362 g/mol. The normalized spacial score (nSPS) is 11.6. The van der Waals surface area contributed by atoms with Gasteiger partial charge >= 0.3 is 5.97 Å². The van der Waals surface area contributed by atoms with E-state index in [0.717, 1.165) is 11.3 Å². The molecule has 1 atom stereocenters. The number of hydrogen-bond donors (Lipinski definition) is 2. The first kappa shape index (κ1) is 18.8. The van der Waals surface area contributed by atoms with Gasteiger partial charge in [-0.25, -0.2) is 0 Å². The maximum Gasteiger partial charge on any atom is 0.305 e. The molecule has 0 aliphatic heterocycles. The number of halogens is 1. The van der Waals surface area contributed by atoms with E-state index in [2.05, 4.69) is 5.32 Å². The van der Waals surface area contributed by atoms with Gasteiger partial charge in [-0.05, 0) is 41.8 Å². The van der Waals surface area contributed by atoms with E-state index in [4.69, 9.17) is 21.4 Å². The molecular formula is C19H20ClNO4. The molecular weight excluding hydrogens is 342 g/mol. The van der Waals surface area contributed by atoms with Crippen LogP contribution in [0, 0.1) is 0 Å². The number of nitrogens with one attached hydrogen (secondary N) is 1. The zero-order chi connectivity index (χ0) is 18.2. The topological polar surface area (TPSA) is 75.6 Å². The fourth-order valence-corrected chi connectivity index (χ4v) is 2.60. The Morgan fingerprint density at radius 1 is 1.20 bits per heavy atom. The second-order valence-corrected chi connectivity index (χ2v) is 6.06. The number of aliphatic carboxylic acids is 1. The molecule has 0 unspecified atom stereocenters. The van der Waals surface area contributed by atoms with Crippen LogP contribution in [0.5, 0.6) is 5.75 Å². The molecule has 2 aromatic rings. The van der Waals surface area contributed by atoms with Gasteiger partial charge in [-0.3, -0.25) is 9.59 Å². The molecule has 132 valence electrons. The van der Waals surface area contributed by atoms with Crippen LogP contribution in [0.1, 0.15) is 30.0 Å². The first-order chi connectivity index (χ1) is 12.0. The molecule has 2 N–H and O–H groups in total. The Labute approximate surface area is 151 Å². The van der Waals surface area contributed by atoms with Crippen molar-refractivity contribution in [3.05, 3.63) is 64.7 Å². The van der Waals surface area contributed by atoms with Crippen molar-refractivity contribution in [2.45, 2.75) is 25.3 Å². The van der Waals surface area contributed by atoms with Crippen LogP contribution in [0.15, 0.2) is 48.5 Å². The van der Waals surface area contributed by atoms with E-state index >= 15 is 0 Å². The molecule has 0 bridgehead atoms. The summed E-state index contributed by atoms with van der Waals surface area (Å²) in [4.78, 5) is 23.3. The molecule has 0 aromatic heterocycles. The van der Waals surface area contributed by atoms with E-state index in [9.17, 15) is 9.59 Å². The Hall–Kier alpha value is -2.53. The van der Waals surface area contributed by atoms with Crippen molar-refractivity contribution in [3.63, 3.8) is 0 Å². The number of rotatable bonds is 8. The minimum Gasteiger partial charge on any atom is -0.497 e. The highest BCUT2D eigenvalue weighted by atomic mass is 35.5. The van der Waals surface area contributed by atoms with Crippen LogP contribution in [0.2, 0.25) is 5.02 Å². The molecule has 0 aliphatic rings. The third-order valence-electron chi connectivity index (χ3n) is 3.76. The molecule has 25 heavy (non-hydrogen) atoms. The lowest BCUT2D eigenvalue weighted by Crippen LogP contribution is -2.30. The average Bonchev–Trinajstić information content (AvgIpc) is 2.60. The fraction of sp³-hybridized carbons (Fsp3) is 0.263. The van der Waals surface area contributed by atoms with Crippen molar-refractivity contribution in [2.24, 2.45) is 0 Å². The number of carboxylic acids is 1. The Kier molecular flexibility index (Phi) is 6.83. The van der Waals surface area contributed by atoms with E-state index in [-0.39, 0.29) is 18.7 Å². The number of benzene rings is 2. The smallest absolute Gasteiger partial charge is 0.305 e. The van der Waals surface area contributed by atoms with Crippen LogP contribution in [0.4, 0.5) is 0 Å². The third kappa shape index (κ3) is 6.12. The van der Waals surface area contributed by atoms with Crippen molar-refractivity contribution in [1.82, 2.24) is 5.32 Å². The van der Waals surface area contributed by atoms with Gasteiger partial charge in [0.1, 0.15) is 5.75 Å². The highest BCUT2D eigenvalue weighted by Gasteiger charge is 2.18. The van der Waals surface area contributed by atoms with E-state index < -0.39 is 12.0 Å². The molecule has 0 radical (unpaired) electrons. The van der Waals surface area contributed by atoms with Gasteiger partial charge < -0.3 is 15.2 Å². The van der Waals surface area contributed by atoms with Gasteiger partial charge in [0.2, 0.25) is 5.91 Å². The van der Waals surface area contributed by atoms with Gasteiger partial charge in [0.25, 0.3) is 0 Å². The van der Waals surface area contributed by atoms with Gasteiger partial charge in [-0.2, -0.15) is 0 Å². The summed E-state index contributed by atoms with van der Waals surface area (Å²) in [6, 6.07) is 13.7. The van der Waals surface area contributed by atoms with Crippen LogP contribution in [0.3, 0.4) is 0 Å². The van der Waals surface area contributed by atoms with E-state index in [1.165, 1.54) is 0 Å². The predicted molar refractivity (Wildman–Crippen MR) is 95.9 cm³/mol. The number of carbonyl (C=O) groups is 2. The minimum absolute atomic E-state index is 0.188. The van der Waals surface area contributed by atoms with Crippen LogP contribution in [-0.2, 0) is 16.0 Å². The Morgan fingerprint density at radius 2 is 1.92 bits per heavy atom. The summed E-state index contributed by atoms with van der Waals surface area (Å²) in [6.07, 6.45) is 0.618. The standard InChI is InChI=1S/C19H20ClNO4/c1-25-16-4-2-3-13(11-16)5-10-18(22)21-17(12-19(23)24)14-6-8-15(20)9-7-14/h2-4,6-9,11,17H,5,10,12H2,1H3,(H,21,22)(H,23,24)/t17-/m0/s1. The summed E-state index contributed by atoms with van der Waals surface area (Å²) >= 11 is 5.86. The summed E-state index contributed by atoms with van der Waals surface area (Å²) in [5, 5.41) is 12.4. The Bertz CT molecular complexity index is 730. The number of hydrogen-bond acceptors (Lipinski definition) is 3. The molecule has 0 heterocycles. The maximum absolute atomic E-state index is 12.2. The summed E-state index contributed by atoms with van der Waals surface area (Å²) in [6.45, 7) is 0. The monoisotopic (exact) mass is 361 g/mol. The second kappa shape index (κ2) is 9.08. The van der Waals surface area contributed by atoms with Crippen LogP contribution < -0.4 is 10.1 Å². The molecule has 0 fully saturated rings. The predicted octanol–water partition coefficient (Wildman–Crippen LogP) is 3.61. The van der Waals surface area contributed by atoms with Crippen molar-refractivity contribution in [2.75, 3.05) is 7.11 Å². The maximum atomic E-state index is 12.2. The highest BCUT2D eigenvalue weighted by Crippen LogP contribution is 2.20. The van der Waals surface area contributed by atoms with Crippen molar-refractivity contribution < 1.29 is 19.4 Å². The number of ether oxygens (including phenoxy) is 1. The van der Waals surface area contributed by atoms with E-state index in [1.807, 2.05) is 24.3 Å². The molecule has 2 aromatic carbocycles. The zero-order valence-electron chi connectivity index (χ0n) is 13.9. The molecule has 1 amide bonds. The number of carbonyl (C=O) groups excluding carboxylic acids is 1. The first-order valence-electron chi connectivity index (χ1n) is 7.87. The lowest BCUT2D eigenvalue weighted by Gasteiger charge is -2.17. The summed E-state index contributed by atoms with van der Waals surface area (Å²) in [7, 11) is 1.59. The summed E-state index contributed by atoms with van der Waals surface area (Å²) in [5.41, 5.74) is 1.69. The molecule has 5 nitrogen and oxygen atoms in total. The minimum atomic E-state index is -0.979. The first-order valence-corrected chi connectivity index (χ1v) is 8.25. The largest absolute Gasteiger partial charge is 0.497 e. The molecule has 0 saturated heterocycles. The van der Waals surface area contributed by atoms with Gasteiger partial charge in [0.15, 0.2) is 0 Å². The third-order valence-corrected chi connectivity index (χ3v) is 4.01. The van der Waals surface area contributed by atoms with Crippen LogP contribution in [-0.4, -0.2) is 24.1 Å². The molecule has 6 heteroatoms. The number of methoxy groups -OCH3 is 1. The quantitative estimate of drug-likeness (QED) is 0.753. The lowest BCUT2D eigenvalue weighted by molar-refractivity contribution is -0.137. The van der Waals surface area contributed by atoms with Gasteiger partial charge in [0.05, 0.1) is 19.6 Å². The number of carboxylic acid groups (broad SMARTS) is 1. The van der Waals surface area contributed by atoms with Gasteiger partial charge in [-0.1, -0.05) is 35.9 Å². The highest BCUT2D eigenvalue weighted by molar-refractivity contribution is 6.30. The Morgan fingerprint density at radius 3 is 2.56 bits per heavy atom. The summed E-state index contributed by atoms with van der Waals surface area (Å²) < 4.78 is 5.16. The van der Waals surface area contributed by atoms with Crippen LogP contribution in [0.25, 0.3) is 0 Å². The second-order valence-electron chi connectivity index (χ2n) is 5.62. The fourth-order valence-electron chi connectivity index (χ4n) is 2.47. The molecule has 0 aliphatic carbocycles. The number of amides is 1. The van der Waals surface area contributed by atoms with E-state index in [1.54, 1.807) is 31.4 Å².